The Morgan fingerprint density at radius 1 is 1.19 bits per heavy atom. The van der Waals surface area contributed by atoms with Crippen molar-refractivity contribution in [1.82, 2.24) is 0 Å². The maximum Gasteiger partial charge on any atom is 0.311 e. The van der Waals surface area contributed by atoms with E-state index in [9.17, 15) is 14.9 Å². The minimum Gasteiger partial charge on any atom is -0.490 e. The van der Waals surface area contributed by atoms with Crippen LogP contribution in [-0.2, 0) is 11.8 Å². The van der Waals surface area contributed by atoms with Gasteiger partial charge in [-0.3, -0.25) is 14.9 Å². The van der Waals surface area contributed by atoms with Crippen molar-refractivity contribution in [3.8, 4) is 5.75 Å². The van der Waals surface area contributed by atoms with E-state index in [2.05, 4.69) is 29.8 Å². The third-order valence-corrected chi connectivity index (χ3v) is 5.91. The van der Waals surface area contributed by atoms with Crippen molar-refractivity contribution in [2.75, 3.05) is 7.11 Å². The van der Waals surface area contributed by atoms with Gasteiger partial charge in [0.1, 0.15) is 0 Å². The van der Waals surface area contributed by atoms with Crippen LogP contribution in [0.3, 0.4) is 0 Å². The number of halogens is 1. The van der Waals surface area contributed by atoms with Gasteiger partial charge >= 0.3 is 5.69 Å². The first kappa shape index (κ1) is 17.0. The number of ketones is 1. The highest BCUT2D eigenvalue weighted by Gasteiger charge is 2.44. The minimum absolute atomic E-state index is 0.152. The summed E-state index contributed by atoms with van der Waals surface area (Å²) in [6.45, 7) is 4.11. The number of allylic oxidation sites excluding steroid dienone is 2. The Morgan fingerprint density at radius 3 is 2.58 bits per heavy atom. The van der Waals surface area contributed by atoms with E-state index in [-0.39, 0.29) is 17.2 Å². The van der Waals surface area contributed by atoms with Crippen LogP contribution in [0, 0.1) is 10.1 Å². The number of fused-ring (bicyclic) bond motifs is 3. The summed E-state index contributed by atoms with van der Waals surface area (Å²) in [7, 11) is 1.40. The molecule has 0 saturated carbocycles. The van der Waals surface area contributed by atoms with Crippen LogP contribution < -0.4 is 4.74 Å². The fraction of sp³-hybridized carbons (Fsp3) is 0.250. The minimum atomic E-state index is -0.511. The van der Waals surface area contributed by atoms with Crippen LogP contribution in [0.25, 0.3) is 5.57 Å². The maximum atomic E-state index is 13.3. The van der Waals surface area contributed by atoms with Gasteiger partial charge in [-0.2, -0.15) is 0 Å². The number of Topliss-reactive ketones (excluding diaryl/α,β-unsaturated/α-hetero) is 1. The molecule has 0 amide bonds. The summed E-state index contributed by atoms with van der Waals surface area (Å²) in [5.74, 6) is 0.0260. The summed E-state index contributed by atoms with van der Waals surface area (Å²) in [6, 6.07) is 8.90. The maximum absolute atomic E-state index is 13.3. The molecule has 0 radical (unpaired) electrons. The normalized spacial score (nSPS) is 16.8. The highest BCUT2D eigenvalue weighted by molar-refractivity contribution is 9.10. The Morgan fingerprint density at radius 2 is 1.92 bits per heavy atom. The lowest BCUT2D eigenvalue weighted by Gasteiger charge is -2.34. The monoisotopic (exact) mass is 413 g/mol. The number of ether oxygens (including phenoxy) is 1. The standard InChI is InChI=1S/C20H16BrNO4/c1-20(2)14-9-17(26-3)16(22(24)25)8-13(14)19(23)18-12-5-4-11(21)6-10(12)7-15(18)20/h4-6,8-9H,7H2,1-3H3. The molecule has 0 bridgehead atoms. The van der Waals surface area contributed by atoms with Gasteiger partial charge in [0.25, 0.3) is 0 Å². The summed E-state index contributed by atoms with van der Waals surface area (Å²) in [5, 5.41) is 11.4. The second-order valence-corrected chi connectivity index (χ2v) is 8.03. The molecule has 0 aromatic heterocycles. The Bertz CT molecular complexity index is 1040. The summed E-state index contributed by atoms with van der Waals surface area (Å²) in [4.78, 5) is 24.2. The number of nitro groups is 1. The summed E-state index contributed by atoms with van der Waals surface area (Å²) in [6.07, 6.45) is 0.696. The molecule has 2 aromatic rings. The number of hydrogen-bond acceptors (Lipinski definition) is 4. The van der Waals surface area contributed by atoms with E-state index >= 15 is 0 Å². The predicted molar refractivity (Wildman–Crippen MR) is 102 cm³/mol. The van der Waals surface area contributed by atoms with Crippen molar-refractivity contribution in [3.05, 3.63) is 72.7 Å². The fourth-order valence-corrected chi connectivity index (χ4v) is 4.47. The van der Waals surface area contributed by atoms with E-state index in [0.717, 1.165) is 26.7 Å². The number of benzene rings is 2. The Labute approximate surface area is 159 Å². The van der Waals surface area contributed by atoms with Crippen LogP contribution >= 0.6 is 15.9 Å². The molecule has 0 saturated heterocycles. The molecule has 0 atom stereocenters. The van der Waals surface area contributed by atoms with E-state index < -0.39 is 10.3 Å². The van der Waals surface area contributed by atoms with Crippen molar-refractivity contribution in [3.63, 3.8) is 0 Å². The molecular weight excluding hydrogens is 398 g/mol. The number of hydrogen-bond donors (Lipinski definition) is 0. The molecule has 2 aliphatic carbocycles. The fourth-order valence-electron chi connectivity index (χ4n) is 4.06. The Kier molecular flexibility index (Phi) is 3.60. The summed E-state index contributed by atoms with van der Waals surface area (Å²) < 4.78 is 6.18. The molecule has 0 fully saturated rings. The quantitative estimate of drug-likeness (QED) is 0.521. The predicted octanol–water partition coefficient (Wildman–Crippen LogP) is 4.85. The van der Waals surface area contributed by atoms with Crippen molar-refractivity contribution in [1.29, 1.82) is 0 Å². The Hall–Kier alpha value is -2.47. The van der Waals surface area contributed by atoms with Crippen molar-refractivity contribution >= 4 is 33.0 Å². The molecule has 0 unspecified atom stereocenters. The van der Waals surface area contributed by atoms with Crippen molar-refractivity contribution < 1.29 is 14.5 Å². The number of nitro benzene ring substituents is 1. The number of nitrogens with zero attached hydrogens (tertiary/aromatic N) is 1. The van der Waals surface area contributed by atoms with Gasteiger partial charge in [0.15, 0.2) is 11.5 Å². The molecule has 4 rings (SSSR count). The molecule has 0 spiro atoms. The van der Waals surface area contributed by atoms with Gasteiger partial charge in [-0.1, -0.05) is 35.8 Å². The Balaban J connectivity index is 1.99. The van der Waals surface area contributed by atoms with Crippen LogP contribution in [0.1, 0.15) is 40.9 Å². The van der Waals surface area contributed by atoms with Crippen LogP contribution in [0.4, 0.5) is 5.69 Å². The molecule has 0 N–H and O–H groups in total. The van der Waals surface area contributed by atoms with Crippen molar-refractivity contribution in [2.45, 2.75) is 25.7 Å². The van der Waals surface area contributed by atoms with E-state index in [0.29, 0.717) is 17.6 Å². The molecule has 26 heavy (non-hydrogen) atoms. The first-order chi connectivity index (χ1) is 12.3. The van der Waals surface area contributed by atoms with Gasteiger partial charge in [0, 0.05) is 27.1 Å². The smallest absolute Gasteiger partial charge is 0.311 e. The molecule has 5 nitrogen and oxygen atoms in total. The zero-order valence-electron chi connectivity index (χ0n) is 14.6. The van der Waals surface area contributed by atoms with E-state index in [1.807, 2.05) is 18.2 Å². The molecular formula is C20H16BrNO4. The van der Waals surface area contributed by atoms with E-state index in [1.54, 1.807) is 6.07 Å². The summed E-state index contributed by atoms with van der Waals surface area (Å²) >= 11 is 3.49. The zero-order chi connectivity index (χ0) is 18.8. The van der Waals surface area contributed by atoms with Crippen LogP contribution in [-0.4, -0.2) is 17.8 Å². The highest BCUT2D eigenvalue weighted by Crippen LogP contribution is 2.51. The molecule has 2 aromatic carbocycles. The summed E-state index contributed by atoms with van der Waals surface area (Å²) in [5.41, 5.74) is 4.31. The van der Waals surface area contributed by atoms with E-state index in [4.69, 9.17) is 4.74 Å². The van der Waals surface area contributed by atoms with Gasteiger partial charge in [0.05, 0.1) is 12.0 Å². The molecule has 2 aliphatic rings. The molecule has 6 heteroatoms. The second kappa shape index (κ2) is 5.51. The topological polar surface area (TPSA) is 69.4 Å². The lowest BCUT2D eigenvalue weighted by atomic mass is 9.68. The van der Waals surface area contributed by atoms with Crippen LogP contribution in [0.15, 0.2) is 40.4 Å². The zero-order valence-corrected chi connectivity index (χ0v) is 16.1. The van der Waals surface area contributed by atoms with Gasteiger partial charge in [0.2, 0.25) is 0 Å². The highest BCUT2D eigenvalue weighted by atomic mass is 79.9. The van der Waals surface area contributed by atoms with Gasteiger partial charge in [-0.15, -0.1) is 0 Å². The first-order valence-electron chi connectivity index (χ1n) is 8.19. The average molecular weight is 414 g/mol. The third kappa shape index (κ3) is 2.18. The molecule has 0 heterocycles. The van der Waals surface area contributed by atoms with Gasteiger partial charge in [-0.25, -0.2) is 0 Å². The number of rotatable bonds is 2. The first-order valence-corrected chi connectivity index (χ1v) is 8.99. The lowest BCUT2D eigenvalue weighted by Crippen LogP contribution is -2.30. The average Bonchev–Trinajstić information content (AvgIpc) is 2.98. The van der Waals surface area contributed by atoms with Gasteiger partial charge in [-0.05, 0) is 46.9 Å². The van der Waals surface area contributed by atoms with Crippen LogP contribution in [0.2, 0.25) is 0 Å². The SMILES string of the molecule is COc1cc2c(cc1[N+](=O)[O-])C(=O)C1=C(Cc3cc(Br)ccc31)C2(C)C. The molecule has 0 aliphatic heterocycles. The van der Waals surface area contributed by atoms with Crippen LogP contribution in [0.5, 0.6) is 5.75 Å². The lowest BCUT2D eigenvalue weighted by molar-refractivity contribution is -0.385. The number of carbonyl (C=O) groups is 1. The second-order valence-electron chi connectivity index (χ2n) is 7.11. The third-order valence-electron chi connectivity index (χ3n) is 5.42. The number of methoxy groups -OCH3 is 1. The van der Waals surface area contributed by atoms with Crippen molar-refractivity contribution in [2.24, 2.45) is 0 Å². The van der Waals surface area contributed by atoms with Gasteiger partial charge < -0.3 is 4.74 Å². The largest absolute Gasteiger partial charge is 0.490 e. The number of carbonyl (C=O) groups excluding carboxylic acids is 1. The van der Waals surface area contributed by atoms with E-state index in [1.165, 1.54) is 13.2 Å². The molecule has 132 valence electrons.